The minimum absolute atomic E-state index is 0.170. The van der Waals surface area contributed by atoms with Crippen LogP contribution in [0.15, 0.2) is 34.8 Å². The highest BCUT2D eigenvalue weighted by Crippen LogP contribution is 2.22. The van der Waals surface area contributed by atoms with Crippen molar-refractivity contribution in [3.8, 4) is 5.69 Å². The maximum absolute atomic E-state index is 12.6. The first kappa shape index (κ1) is 19.2. The average molecular weight is 406 g/mol. The predicted molar refractivity (Wildman–Crippen MR) is 103 cm³/mol. The summed E-state index contributed by atoms with van der Waals surface area (Å²) in [4.78, 5) is 24.5. The zero-order valence-electron chi connectivity index (χ0n) is 15.0. The second kappa shape index (κ2) is 8.34. The molecule has 1 aromatic carbocycles. The number of benzene rings is 1. The number of nitrogens with one attached hydrogen (secondary N) is 2. The molecule has 0 aliphatic heterocycles. The van der Waals surface area contributed by atoms with E-state index in [1.807, 2.05) is 55.7 Å². The molecule has 2 rings (SSSR count). The summed E-state index contributed by atoms with van der Waals surface area (Å²) in [7, 11) is 0. The molecule has 0 aliphatic rings. The first-order chi connectivity index (χ1) is 11.8. The lowest BCUT2D eigenvalue weighted by Gasteiger charge is -2.14. The number of aromatic nitrogens is 1. The van der Waals surface area contributed by atoms with Crippen molar-refractivity contribution in [2.45, 2.75) is 40.2 Å². The number of carbonyl (C=O) groups is 2. The summed E-state index contributed by atoms with van der Waals surface area (Å²) in [5.41, 5.74) is 3.38. The molecular weight excluding hydrogens is 382 g/mol. The Hall–Kier alpha value is -2.08. The number of hydrogen-bond donors (Lipinski definition) is 2. The van der Waals surface area contributed by atoms with Crippen LogP contribution in [-0.2, 0) is 4.79 Å². The molecule has 25 heavy (non-hydrogen) atoms. The van der Waals surface area contributed by atoms with E-state index in [1.54, 1.807) is 6.92 Å². The van der Waals surface area contributed by atoms with Crippen molar-refractivity contribution in [3.05, 3.63) is 51.8 Å². The molecule has 1 aromatic heterocycles. The number of nitrogens with zero attached hydrogens (tertiary/aromatic N) is 1. The lowest BCUT2D eigenvalue weighted by molar-refractivity contribution is -0.122. The second-order valence-corrected chi connectivity index (χ2v) is 7.00. The van der Waals surface area contributed by atoms with E-state index in [1.165, 1.54) is 0 Å². The van der Waals surface area contributed by atoms with Gasteiger partial charge in [0.05, 0.1) is 5.56 Å². The molecule has 0 saturated heterocycles. The Kier molecular flexibility index (Phi) is 6.42. The zero-order chi connectivity index (χ0) is 18.6. The standard InChI is InChI=1S/C19H24BrN3O2/c1-5-10-21-18(24)13(3)22-19(25)17-11-12(2)23(14(17)4)16-8-6-15(20)7-9-16/h6-9,11,13H,5,10H2,1-4H3,(H,21,24)(H,22,25)/t13-/m0/s1. The van der Waals surface area contributed by atoms with Gasteiger partial charge in [-0.25, -0.2) is 0 Å². The van der Waals surface area contributed by atoms with Gasteiger partial charge in [-0.05, 0) is 57.5 Å². The van der Waals surface area contributed by atoms with Crippen molar-refractivity contribution < 1.29 is 9.59 Å². The fraction of sp³-hybridized carbons (Fsp3) is 0.368. The summed E-state index contributed by atoms with van der Waals surface area (Å²) in [5.74, 6) is -0.410. The van der Waals surface area contributed by atoms with E-state index in [9.17, 15) is 9.59 Å². The van der Waals surface area contributed by atoms with Gasteiger partial charge < -0.3 is 15.2 Å². The number of aryl methyl sites for hydroxylation is 1. The lowest BCUT2D eigenvalue weighted by Crippen LogP contribution is -2.45. The van der Waals surface area contributed by atoms with Gasteiger partial charge in [-0.2, -0.15) is 0 Å². The van der Waals surface area contributed by atoms with Crippen molar-refractivity contribution in [2.75, 3.05) is 6.54 Å². The molecule has 1 heterocycles. The van der Waals surface area contributed by atoms with E-state index >= 15 is 0 Å². The summed E-state index contributed by atoms with van der Waals surface area (Å²) in [6.45, 7) is 8.16. The van der Waals surface area contributed by atoms with Gasteiger partial charge in [0.1, 0.15) is 6.04 Å². The maximum Gasteiger partial charge on any atom is 0.253 e. The van der Waals surface area contributed by atoms with Crippen LogP contribution in [-0.4, -0.2) is 29.0 Å². The van der Waals surface area contributed by atoms with Crippen LogP contribution >= 0.6 is 15.9 Å². The van der Waals surface area contributed by atoms with Crippen LogP contribution in [0.5, 0.6) is 0 Å². The number of amides is 2. The van der Waals surface area contributed by atoms with Crippen LogP contribution in [0.3, 0.4) is 0 Å². The normalized spacial score (nSPS) is 11.9. The summed E-state index contributed by atoms with van der Waals surface area (Å²) in [6, 6.07) is 9.19. The van der Waals surface area contributed by atoms with Crippen molar-refractivity contribution in [2.24, 2.45) is 0 Å². The van der Waals surface area contributed by atoms with Gasteiger partial charge in [0.2, 0.25) is 5.91 Å². The second-order valence-electron chi connectivity index (χ2n) is 6.08. The van der Waals surface area contributed by atoms with E-state index in [0.29, 0.717) is 12.1 Å². The van der Waals surface area contributed by atoms with Crippen molar-refractivity contribution in [1.29, 1.82) is 0 Å². The van der Waals surface area contributed by atoms with E-state index in [2.05, 4.69) is 26.6 Å². The van der Waals surface area contributed by atoms with Gasteiger partial charge in [0, 0.05) is 28.1 Å². The van der Waals surface area contributed by atoms with Gasteiger partial charge in [-0.1, -0.05) is 22.9 Å². The molecule has 0 saturated carbocycles. The summed E-state index contributed by atoms with van der Waals surface area (Å²) < 4.78 is 3.03. The molecule has 0 fully saturated rings. The average Bonchev–Trinajstić information content (AvgIpc) is 2.88. The first-order valence-corrected chi connectivity index (χ1v) is 9.18. The first-order valence-electron chi connectivity index (χ1n) is 8.38. The van der Waals surface area contributed by atoms with Crippen molar-refractivity contribution >= 4 is 27.7 Å². The van der Waals surface area contributed by atoms with E-state index in [4.69, 9.17) is 0 Å². The Morgan fingerprint density at radius 2 is 1.84 bits per heavy atom. The summed E-state index contributed by atoms with van der Waals surface area (Å²) >= 11 is 3.43. The van der Waals surface area contributed by atoms with Crippen LogP contribution in [0.25, 0.3) is 5.69 Å². The zero-order valence-corrected chi connectivity index (χ0v) is 16.6. The molecule has 2 aromatic rings. The number of halogens is 1. The van der Waals surface area contributed by atoms with E-state index < -0.39 is 6.04 Å². The molecule has 2 amide bonds. The minimum Gasteiger partial charge on any atom is -0.354 e. The Bertz CT molecular complexity index is 766. The molecule has 6 heteroatoms. The van der Waals surface area contributed by atoms with Crippen LogP contribution in [0.1, 0.15) is 42.0 Å². The van der Waals surface area contributed by atoms with Gasteiger partial charge >= 0.3 is 0 Å². The Morgan fingerprint density at radius 1 is 1.20 bits per heavy atom. The molecule has 0 spiro atoms. The molecular formula is C19H24BrN3O2. The summed E-state index contributed by atoms with van der Waals surface area (Å²) in [5, 5.41) is 5.56. The highest BCUT2D eigenvalue weighted by Gasteiger charge is 2.20. The highest BCUT2D eigenvalue weighted by atomic mass is 79.9. The van der Waals surface area contributed by atoms with E-state index in [-0.39, 0.29) is 11.8 Å². The SMILES string of the molecule is CCCNC(=O)[C@H](C)NC(=O)c1cc(C)n(-c2ccc(Br)cc2)c1C. The third-order valence-electron chi connectivity index (χ3n) is 4.05. The van der Waals surface area contributed by atoms with Crippen LogP contribution in [0.2, 0.25) is 0 Å². The Balaban J connectivity index is 2.20. The lowest BCUT2D eigenvalue weighted by atomic mass is 10.2. The van der Waals surface area contributed by atoms with Crippen LogP contribution < -0.4 is 10.6 Å². The molecule has 134 valence electrons. The minimum atomic E-state index is -0.574. The van der Waals surface area contributed by atoms with Gasteiger partial charge in [-0.3, -0.25) is 9.59 Å². The summed E-state index contributed by atoms with van der Waals surface area (Å²) in [6.07, 6.45) is 0.862. The fourth-order valence-electron chi connectivity index (χ4n) is 2.72. The van der Waals surface area contributed by atoms with Gasteiger partial charge in [0.25, 0.3) is 5.91 Å². The van der Waals surface area contributed by atoms with Gasteiger partial charge in [0.15, 0.2) is 0 Å². The van der Waals surface area contributed by atoms with Crippen LogP contribution in [0.4, 0.5) is 0 Å². The topological polar surface area (TPSA) is 63.1 Å². The highest BCUT2D eigenvalue weighted by molar-refractivity contribution is 9.10. The molecule has 5 nitrogen and oxygen atoms in total. The fourth-order valence-corrected chi connectivity index (χ4v) is 2.99. The molecule has 1 atom stereocenters. The van der Waals surface area contributed by atoms with Gasteiger partial charge in [-0.15, -0.1) is 0 Å². The van der Waals surface area contributed by atoms with Crippen LogP contribution in [0, 0.1) is 13.8 Å². The largest absolute Gasteiger partial charge is 0.354 e. The Morgan fingerprint density at radius 3 is 2.44 bits per heavy atom. The maximum atomic E-state index is 12.6. The molecule has 0 bridgehead atoms. The molecule has 0 radical (unpaired) electrons. The quantitative estimate of drug-likeness (QED) is 0.772. The predicted octanol–water partition coefficient (Wildman–Crippen LogP) is 3.50. The monoisotopic (exact) mass is 405 g/mol. The number of carbonyl (C=O) groups excluding carboxylic acids is 2. The Labute approximate surface area is 156 Å². The third-order valence-corrected chi connectivity index (χ3v) is 4.58. The van der Waals surface area contributed by atoms with Crippen molar-refractivity contribution in [3.63, 3.8) is 0 Å². The van der Waals surface area contributed by atoms with Crippen molar-refractivity contribution in [1.82, 2.24) is 15.2 Å². The third kappa shape index (κ3) is 4.51. The molecule has 0 aliphatic carbocycles. The smallest absolute Gasteiger partial charge is 0.253 e. The molecule has 2 N–H and O–H groups in total. The van der Waals surface area contributed by atoms with E-state index in [0.717, 1.165) is 28.0 Å². The number of hydrogen-bond acceptors (Lipinski definition) is 2. The number of rotatable bonds is 6. The molecule has 0 unspecified atom stereocenters.